The SMILES string of the molecule is CC1(C)COB(c2ccc(C[C@H](NC(=O)OCc3ccccc3)C(=O)OCc3ccccc3)cc2)OC1. The summed E-state index contributed by atoms with van der Waals surface area (Å²) in [6, 6.07) is 25.5. The third-order valence-electron chi connectivity index (χ3n) is 5.96. The van der Waals surface area contributed by atoms with Crippen LogP contribution in [0, 0.1) is 5.41 Å². The van der Waals surface area contributed by atoms with Gasteiger partial charge in [-0.05, 0) is 22.2 Å². The molecular formula is C29H32BNO6. The summed E-state index contributed by atoms with van der Waals surface area (Å²) in [5, 5.41) is 2.67. The number of carbonyl (C=O) groups is 2. The third kappa shape index (κ3) is 8.20. The summed E-state index contributed by atoms with van der Waals surface area (Å²) in [7, 11) is -0.417. The van der Waals surface area contributed by atoms with Gasteiger partial charge in [0.05, 0.1) is 0 Å². The van der Waals surface area contributed by atoms with Crippen LogP contribution in [0.1, 0.15) is 30.5 Å². The molecule has 0 saturated carbocycles. The molecule has 1 aliphatic heterocycles. The number of hydrogen-bond acceptors (Lipinski definition) is 6. The van der Waals surface area contributed by atoms with Crippen LogP contribution >= 0.6 is 0 Å². The van der Waals surface area contributed by atoms with Gasteiger partial charge in [-0.3, -0.25) is 0 Å². The van der Waals surface area contributed by atoms with E-state index >= 15 is 0 Å². The van der Waals surface area contributed by atoms with E-state index in [4.69, 9.17) is 18.8 Å². The maximum atomic E-state index is 13.0. The maximum absolute atomic E-state index is 13.0. The number of ether oxygens (including phenoxy) is 2. The van der Waals surface area contributed by atoms with Gasteiger partial charge in [0.25, 0.3) is 0 Å². The van der Waals surface area contributed by atoms with Gasteiger partial charge in [-0.1, -0.05) is 98.8 Å². The van der Waals surface area contributed by atoms with Crippen molar-refractivity contribution in [3.05, 3.63) is 102 Å². The minimum Gasteiger partial charge on any atom is -0.459 e. The second kappa shape index (κ2) is 12.6. The van der Waals surface area contributed by atoms with E-state index in [2.05, 4.69) is 19.2 Å². The maximum Gasteiger partial charge on any atom is 0.493 e. The van der Waals surface area contributed by atoms with E-state index < -0.39 is 25.2 Å². The van der Waals surface area contributed by atoms with E-state index in [0.29, 0.717) is 13.2 Å². The van der Waals surface area contributed by atoms with Gasteiger partial charge in [0.2, 0.25) is 0 Å². The van der Waals surface area contributed by atoms with E-state index in [9.17, 15) is 9.59 Å². The molecule has 1 aliphatic rings. The van der Waals surface area contributed by atoms with Gasteiger partial charge >= 0.3 is 19.2 Å². The molecule has 1 fully saturated rings. The number of benzene rings is 3. The fraction of sp³-hybridized carbons (Fsp3) is 0.310. The highest BCUT2D eigenvalue weighted by Gasteiger charge is 2.33. The molecule has 3 aromatic rings. The molecule has 37 heavy (non-hydrogen) atoms. The molecule has 0 spiro atoms. The topological polar surface area (TPSA) is 83.1 Å². The average Bonchev–Trinajstić information content (AvgIpc) is 2.92. The van der Waals surface area contributed by atoms with E-state index in [0.717, 1.165) is 22.2 Å². The molecule has 1 saturated heterocycles. The molecule has 1 heterocycles. The molecule has 0 unspecified atom stereocenters. The van der Waals surface area contributed by atoms with Crippen molar-refractivity contribution in [2.45, 2.75) is 39.5 Å². The van der Waals surface area contributed by atoms with Crippen LogP contribution in [-0.2, 0) is 43.2 Å². The van der Waals surface area contributed by atoms with Crippen LogP contribution in [0.5, 0.6) is 0 Å². The first-order valence-corrected chi connectivity index (χ1v) is 12.4. The smallest absolute Gasteiger partial charge is 0.459 e. The van der Waals surface area contributed by atoms with Gasteiger partial charge < -0.3 is 24.1 Å². The Bertz CT molecular complexity index is 1140. The lowest BCUT2D eigenvalue weighted by Gasteiger charge is -2.33. The highest BCUT2D eigenvalue weighted by atomic mass is 16.6. The molecule has 0 bridgehead atoms. The number of esters is 1. The van der Waals surface area contributed by atoms with Gasteiger partial charge in [-0.15, -0.1) is 0 Å². The highest BCUT2D eigenvalue weighted by molar-refractivity contribution is 6.61. The fourth-order valence-electron chi connectivity index (χ4n) is 3.86. The van der Waals surface area contributed by atoms with Crippen molar-refractivity contribution >= 4 is 24.6 Å². The Morgan fingerprint density at radius 2 is 1.35 bits per heavy atom. The van der Waals surface area contributed by atoms with Crippen molar-refractivity contribution in [2.75, 3.05) is 13.2 Å². The minimum atomic E-state index is -0.916. The number of alkyl carbamates (subject to hydrolysis) is 1. The van der Waals surface area contributed by atoms with Crippen molar-refractivity contribution in [1.29, 1.82) is 0 Å². The number of rotatable bonds is 9. The summed E-state index contributed by atoms with van der Waals surface area (Å²) in [5.41, 5.74) is 3.46. The monoisotopic (exact) mass is 501 g/mol. The average molecular weight is 501 g/mol. The number of hydrogen-bond donors (Lipinski definition) is 1. The lowest BCUT2D eigenvalue weighted by molar-refractivity contribution is -0.147. The van der Waals surface area contributed by atoms with E-state index in [1.54, 1.807) is 0 Å². The number of amides is 1. The zero-order valence-electron chi connectivity index (χ0n) is 21.2. The predicted molar refractivity (Wildman–Crippen MR) is 141 cm³/mol. The number of nitrogens with one attached hydrogen (secondary N) is 1. The molecule has 1 amide bonds. The first kappa shape index (κ1) is 26.4. The first-order valence-electron chi connectivity index (χ1n) is 12.4. The lowest BCUT2D eigenvalue weighted by atomic mass is 9.75. The molecule has 7 nitrogen and oxygen atoms in total. The molecular weight excluding hydrogens is 469 g/mol. The largest absolute Gasteiger partial charge is 0.493 e. The summed E-state index contributed by atoms with van der Waals surface area (Å²) in [6.07, 6.45) is -0.443. The summed E-state index contributed by atoms with van der Waals surface area (Å²) in [4.78, 5) is 25.5. The Balaban J connectivity index is 1.39. The van der Waals surface area contributed by atoms with Crippen molar-refractivity contribution < 1.29 is 28.4 Å². The molecule has 192 valence electrons. The molecule has 4 rings (SSSR count). The van der Waals surface area contributed by atoms with E-state index in [1.807, 2.05) is 84.9 Å². The van der Waals surface area contributed by atoms with Crippen molar-refractivity contribution in [3.63, 3.8) is 0 Å². The second-order valence-corrected chi connectivity index (χ2v) is 9.92. The van der Waals surface area contributed by atoms with Crippen molar-refractivity contribution in [2.24, 2.45) is 5.41 Å². The highest BCUT2D eigenvalue weighted by Crippen LogP contribution is 2.21. The normalized spacial score (nSPS) is 15.5. The number of carbonyl (C=O) groups excluding carboxylic acids is 2. The Hall–Kier alpha value is -3.62. The van der Waals surface area contributed by atoms with E-state index in [-0.39, 0.29) is 25.0 Å². The fourth-order valence-corrected chi connectivity index (χ4v) is 3.86. The molecule has 1 atom stereocenters. The van der Waals surface area contributed by atoms with Crippen LogP contribution in [0.15, 0.2) is 84.9 Å². The van der Waals surface area contributed by atoms with Gasteiger partial charge in [0.1, 0.15) is 19.3 Å². The predicted octanol–water partition coefficient (Wildman–Crippen LogP) is 4.04. The Morgan fingerprint density at radius 1 is 0.811 bits per heavy atom. The Labute approximate surface area is 218 Å². The molecule has 1 N–H and O–H groups in total. The Kier molecular flexibility index (Phi) is 8.98. The first-order chi connectivity index (χ1) is 17.9. The minimum absolute atomic E-state index is 0.00936. The standard InChI is InChI=1S/C29H32BNO6/c1-29(2)20-36-30(37-21-29)25-15-13-22(14-16-25)17-26(27(32)34-18-23-9-5-3-6-10-23)31-28(33)35-19-24-11-7-4-8-12-24/h3-16,26H,17-21H2,1-2H3,(H,31,33)/t26-/m0/s1. The zero-order valence-corrected chi connectivity index (χ0v) is 21.2. The summed E-state index contributed by atoms with van der Waals surface area (Å²) >= 11 is 0. The van der Waals surface area contributed by atoms with Gasteiger partial charge in [-0.25, -0.2) is 9.59 Å². The summed E-state index contributed by atoms with van der Waals surface area (Å²) < 4.78 is 22.6. The van der Waals surface area contributed by atoms with Crippen LogP contribution in [-0.4, -0.2) is 38.4 Å². The van der Waals surface area contributed by atoms with Crippen LogP contribution in [0.4, 0.5) is 4.79 Å². The lowest BCUT2D eigenvalue weighted by Crippen LogP contribution is -2.47. The van der Waals surface area contributed by atoms with Crippen LogP contribution in [0.3, 0.4) is 0 Å². The van der Waals surface area contributed by atoms with Crippen LogP contribution in [0.25, 0.3) is 0 Å². The van der Waals surface area contributed by atoms with Crippen molar-refractivity contribution in [3.8, 4) is 0 Å². The summed E-state index contributed by atoms with van der Waals surface area (Å²) in [6.45, 7) is 5.64. The summed E-state index contributed by atoms with van der Waals surface area (Å²) in [5.74, 6) is -0.536. The molecule has 3 aromatic carbocycles. The molecule has 0 radical (unpaired) electrons. The van der Waals surface area contributed by atoms with E-state index in [1.165, 1.54) is 0 Å². The van der Waals surface area contributed by atoms with Gasteiger partial charge in [-0.2, -0.15) is 0 Å². The van der Waals surface area contributed by atoms with Gasteiger partial charge in [0, 0.05) is 25.0 Å². The van der Waals surface area contributed by atoms with Gasteiger partial charge in [0.15, 0.2) is 0 Å². The third-order valence-corrected chi connectivity index (χ3v) is 5.96. The van der Waals surface area contributed by atoms with Crippen molar-refractivity contribution in [1.82, 2.24) is 5.32 Å². The zero-order chi connectivity index (χ0) is 26.1. The quantitative estimate of drug-likeness (QED) is 0.352. The Morgan fingerprint density at radius 3 is 1.92 bits per heavy atom. The second-order valence-electron chi connectivity index (χ2n) is 9.92. The molecule has 0 aromatic heterocycles. The van der Waals surface area contributed by atoms with Crippen LogP contribution in [0.2, 0.25) is 0 Å². The molecule has 8 heteroatoms. The van der Waals surface area contributed by atoms with Crippen LogP contribution < -0.4 is 10.8 Å². The molecule has 0 aliphatic carbocycles.